The number of aromatic nitrogens is 1. The third-order valence-electron chi connectivity index (χ3n) is 2.61. The average molecular weight is 262 g/mol. The number of aromatic hydroxyl groups is 1. The molecule has 0 saturated heterocycles. The van der Waals surface area contributed by atoms with Crippen molar-refractivity contribution in [3.05, 3.63) is 46.4 Å². The van der Waals surface area contributed by atoms with Crippen LogP contribution in [0.3, 0.4) is 0 Å². The topological polar surface area (TPSA) is 53.4 Å². The molecule has 2 heterocycles. The predicted molar refractivity (Wildman–Crippen MR) is 70.9 cm³/mol. The molecule has 0 unspecified atom stereocenters. The average Bonchev–Trinajstić information content (AvgIpc) is 2.89. The van der Waals surface area contributed by atoms with Gasteiger partial charge in [0.05, 0.1) is 0 Å². The number of hydrogen-bond donors (Lipinski definition) is 1. The molecular weight excluding hydrogens is 248 g/mol. The van der Waals surface area contributed by atoms with Gasteiger partial charge in [-0.2, -0.15) is 0 Å². The summed E-state index contributed by atoms with van der Waals surface area (Å²) in [6.07, 6.45) is 2.31. The van der Waals surface area contributed by atoms with Crippen LogP contribution in [0.1, 0.15) is 15.4 Å². The van der Waals surface area contributed by atoms with Gasteiger partial charge in [-0.1, -0.05) is 6.07 Å². The molecule has 1 N–H and O–H groups in total. The van der Waals surface area contributed by atoms with Gasteiger partial charge >= 0.3 is 0 Å². The molecule has 0 atom stereocenters. The minimum absolute atomic E-state index is 0.0783. The quantitative estimate of drug-likeness (QED) is 0.918. The van der Waals surface area contributed by atoms with Crippen molar-refractivity contribution in [2.24, 2.45) is 0 Å². The molecule has 0 aromatic carbocycles. The Hall–Kier alpha value is -1.88. The number of thiophene rings is 1. The zero-order valence-electron chi connectivity index (χ0n) is 10.0. The molecule has 0 spiro atoms. The van der Waals surface area contributed by atoms with Crippen LogP contribution in [0.5, 0.6) is 5.75 Å². The maximum Gasteiger partial charge on any atom is 0.276 e. The Kier molecular flexibility index (Phi) is 3.94. The lowest BCUT2D eigenvalue weighted by Crippen LogP contribution is -2.29. The minimum atomic E-state index is -0.260. The summed E-state index contributed by atoms with van der Waals surface area (Å²) < 4.78 is 0. The molecule has 0 aliphatic heterocycles. The molecule has 0 saturated carbocycles. The van der Waals surface area contributed by atoms with E-state index in [2.05, 4.69) is 4.98 Å². The van der Waals surface area contributed by atoms with E-state index in [4.69, 9.17) is 0 Å². The normalized spacial score (nSPS) is 10.3. The van der Waals surface area contributed by atoms with Crippen LogP contribution in [0.25, 0.3) is 0 Å². The molecule has 94 valence electrons. The highest BCUT2D eigenvalue weighted by molar-refractivity contribution is 7.09. The number of pyridine rings is 1. The second-order valence-electron chi connectivity index (χ2n) is 3.93. The van der Waals surface area contributed by atoms with E-state index in [-0.39, 0.29) is 17.4 Å². The van der Waals surface area contributed by atoms with Gasteiger partial charge in [-0.3, -0.25) is 4.79 Å². The van der Waals surface area contributed by atoms with Crippen molar-refractivity contribution in [1.82, 2.24) is 9.88 Å². The van der Waals surface area contributed by atoms with Crippen LogP contribution >= 0.6 is 11.3 Å². The third-order valence-corrected chi connectivity index (χ3v) is 3.55. The summed E-state index contributed by atoms with van der Waals surface area (Å²) in [6.45, 7) is 0.607. The van der Waals surface area contributed by atoms with Gasteiger partial charge in [0.25, 0.3) is 5.91 Å². The number of likely N-dealkylation sites (N-methyl/N-ethyl adjacent to an activating group) is 1. The second-order valence-corrected chi connectivity index (χ2v) is 4.96. The van der Waals surface area contributed by atoms with Crippen molar-refractivity contribution >= 4 is 17.2 Å². The van der Waals surface area contributed by atoms with E-state index in [1.807, 2.05) is 17.5 Å². The van der Waals surface area contributed by atoms with Crippen LogP contribution in [0.15, 0.2) is 35.8 Å². The number of amides is 1. The van der Waals surface area contributed by atoms with Gasteiger partial charge < -0.3 is 10.0 Å². The van der Waals surface area contributed by atoms with E-state index in [0.29, 0.717) is 6.54 Å². The van der Waals surface area contributed by atoms with Crippen molar-refractivity contribution in [2.45, 2.75) is 6.42 Å². The molecule has 4 nitrogen and oxygen atoms in total. The van der Waals surface area contributed by atoms with Gasteiger partial charge in [-0.05, 0) is 30.0 Å². The molecule has 2 aromatic heterocycles. The number of carbonyl (C=O) groups excluding carboxylic acids is 1. The third kappa shape index (κ3) is 2.87. The molecule has 0 radical (unpaired) electrons. The Morgan fingerprint density at radius 3 is 2.94 bits per heavy atom. The fourth-order valence-corrected chi connectivity index (χ4v) is 2.27. The monoisotopic (exact) mass is 262 g/mol. The highest BCUT2D eigenvalue weighted by Gasteiger charge is 2.16. The van der Waals surface area contributed by atoms with Gasteiger partial charge in [0, 0.05) is 24.7 Å². The van der Waals surface area contributed by atoms with Crippen molar-refractivity contribution in [3.63, 3.8) is 0 Å². The second kappa shape index (κ2) is 5.64. The van der Waals surface area contributed by atoms with E-state index in [1.54, 1.807) is 29.4 Å². The summed E-state index contributed by atoms with van der Waals surface area (Å²) in [7, 11) is 1.71. The summed E-state index contributed by atoms with van der Waals surface area (Å²) in [6, 6.07) is 7.10. The first kappa shape index (κ1) is 12.6. The molecule has 5 heteroatoms. The lowest BCUT2D eigenvalue weighted by molar-refractivity contribution is 0.0788. The van der Waals surface area contributed by atoms with Crippen LogP contribution in [-0.2, 0) is 6.42 Å². The predicted octanol–water partition coefficient (Wildman–Crippen LogP) is 2.16. The number of rotatable bonds is 4. The molecular formula is C13H14N2O2S. The number of nitrogens with zero attached hydrogens (tertiary/aromatic N) is 2. The number of hydrogen-bond acceptors (Lipinski definition) is 4. The Balaban J connectivity index is 1.99. The first-order chi connectivity index (χ1) is 8.68. The zero-order valence-corrected chi connectivity index (χ0v) is 10.9. The van der Waals surface area contributed by atoms with Crippen LogP contribution in [0.2, 0.25) is 0 Å². The van der Waals surface area contributed by atoms with Gasteiger partial charge in [0.15, 0.2) is 5.69 Å². The number of carbonyl (C=O) groups is 1. The molecule has 2 rings (SSSR count). The Labute approximate surface area is 110 Å². The van der Waals surface area contributed by atoms with Crippen molar-refractivity contribution in [3.8, 4) is 5.75 Å². The SMILES string of the molecule is CN(CCc1cccs1)C(=O)c1ncccc1O. The van der Waals surface area contributed by atoms with Crippen molar-refractivity contribution < 1.29 is 9.90 Å². The van der Waals surface area contributed by atoms with E-state index in [9.17, 15) is 9.90 Å². The van der Waals surface area contributed by atoms with Crippen LogP contribution < -0.4 is 0 Å². The van der Waals surface area contributed by atoms with Gasteiger partial charge in [0.1, 0.15) is 5.75 Å². The van der Waals surface area contributed by atoms with Gasteiger partial charge in [-0.25, -0.2) is 4.98 Å². The van der Waals surface area contributed by atoms with Crippen LogP contribution in [0.4, 0.5) is 0 Å². The van der Waals surface area contributed by atoms with Gasteiger partial charge in [0.2, 0.25) is 0 Å². The summed E-state index contributed by atoms with van der Waals surface area (Å²) >= 11 is 1.67. The molecule has 18 heavy (non-hydrogen) atoms. The zero-order chi connectivity index (χ0) is 13.0. The Bertz CT molecular complexity index is 526. The molecule has 0 aliphatic carbocycles. The van der Waals surface area contributed by atoms with E-state index < -0.39 is 0 Å². The first-order valence-electron chi connectivity index (χ1n) is 5.60. The summed E-state index contributed by atoms with van der Waals surface area (Å²) in [5.41, 5.74) is 0.103. The standard InChI is InChI=1S/C13H14N2O2S/c1-15(8-6-10-4-3-9-18-10)13(17)12-11(16)5-2-7-14-12/h2-5,7,9,16H,6,8H2,1H3. The Morgan fingerprint density at radius 1 is 1.44 bits per heavy atom. The largest absolute Gasteiger partial charge is 0.505 e. The first-order valence-corrected chi connectivity index (χ1v) is 6.48. The lowest BCUT2D eigenvalue weighted by Gasteiger charge is -2.16. The summed E-state index contributed by atoms with van der Waals surface area (Å²) in [5, 5.41) is 11.6. The van der Waals surface area contributed by atoms with Crippen molar-refractivity contribution in [1.29, 1.82) is 0 Å². The fraction of sp³-hybridized carbons (Fsp3) is 0.231. The molecule has 0 bridgehead atoms. The fourth-order valence-electron chi connectivity index (χ4n) is 1.58. The maximum absolute atomic E-state index is 12.0. The van der Waals surface area contributed by atoms with E-state index >= 15 is 0 Å². The minimum Gasteiger partial charge on any atom is -0.505 e. The smallest absolute Gasteiger partial charge is 0.276 e. The molecule has 0 fully saturated rings. The summed E-state index contributed by atoms with van der Waals surface area (Å²) in [5.74, 6) is -0.338. The van der Waals surface area contributed by atoms with E-state index in [1.165, 1.54) is 17.1 Å². The lowest BCUT2D eigenvalue weighted by atomic mass is 10.2. The highest BCUT2D eigenvalue weighted by atomic mass is 32.1. The molecule has 1 amide bonds. The van der Waals surface area contributed by atoms with Gasteiger partial charge in [-0.15, -0.1) is 11.3 Å². The van der Waals surface area contributed by atoms with E-state index in [0.717, 1.165) is 6.42 Å². The van der Waals surface area contributed by atoms with Crippen LogP contribution in [0, 0.1) is 0 Å². The highest BCUT2D eigenvalue weighted by Crippen LogP contribution is 2.15. The maximum atomic E-state index is 12.0. The molecule has 0 aliphatic rings. The van der Waals surface area contributed by atoms with Crippen LogP contribution in [-0.4, -0.2) is 34.5 Å². The summed E-state index contributed by atoms with van der Waals surface area (Å²) in [4.78, 5) is 18.7. The Morgan fingerprint density at radius 2 is 2.28 bits per heavy atom. The molecule has 2 aromatic rings. The van der Waals surface area contributed by atoms with Crippen molar-refractivity contribution in [2.75, 3.05) is 13.6 Å².